The van der Waals surface area contributed by atoms with Gasteiger partial charge < -0.3 is 19.5 Å². The van der Waals surface area contributed by atoms with E-state index in [-0.39, 0.29) is 12.0 Å². The number of hydrogen-bond acceptors (Lipinski definition) is 6. The van der Waals surface area contributed by atoms with Crippen molar-refractivity contribution in [2.75, 3.05) is 18.4 Å². The summed E-state index contributed by atoms with van der Waals surface area (Å²) in [7, 11) is 0. The number of amides is 1. The summed E-state index contributed by atoms with van der Waals surface area (Å²) in [5, 5.41) is 5.13. The maximum Gasteiger partial charge on any atom is 0.246 e. The Morgan fingerprint density at radius 2 is 2.34 bits per heavy atom. The normalized spacial score (nSPS) is 17.3. The fourth-order valence-corrected chi connectivity index (χ4v) is 4.65. The SMILES string of the molecule is C=CC(=O)N1CCC[C@H](Oc2nc(Nc3ncc(C)s3)cc3c2ccn3CC(C)CC)C1. The minimum Gasteiger partial charge on any atom is -0.472 e. The van der Waals surface area contributed by atoms with E-state index in [1.165, 1.54) is 6.08 Å². The molecule has 2 atom stereocenters. The molecule has 0 saturated carbocycles. The van der Waals surface area contributed by atoms with E-state index in [0.717, 1.165) is 53.3 Å². The van der Waals surface area contributed by atoms with Gasteiger partial charge in [-0.3, -0.25) is 4.79 Å². The fraction of sp³-hybridized carbons (Fsp3) is 0.458. The highest BCUT2D eigenvalue weighted by Crippen LogP contribution is 2.32. The second kappa shape index (κ2) is 9.73. The highest BCUT2D eigenvalue weighted by Gasteiger charge is 2.25. The summed E-state index contributed by atoms with van der Waals surface area (Å²) < 4.78 is 8.68. The van der Waals surface area contributed by atoms with Gasteiger partial charge in [0.25, 0.3) is 0 Å². The zero-order valence-corrected chi connectivity index (χ0v) is 19.8. The number of carbonyl (C=O) groups is 1. The van der Waals surface area contributed by atoms with Gasteiger partial charge in [-0.1, -0.05) is 26.8 Å². The molecule has 0 radical (unpaired) electrons. The minimum absolute atomic E-state index is 0.0503. The van der Waals surface area contributed by atoms with Crippen LogP contribution >= 0.6 is 11.3 Å². The van der Waals surface area contributed by atoms with Crippen LogP contribution in [-0.2, 0) is 11.3 Å². The van der Waals surface area contributed by atoms with E-state index in [9.17, 15) is 4.79 Å². The number of likely N-dealkylation sites (tertiary alicyclic amines) is 1. The monoisotopic (exact) mass is 453 g/mol. The van der Waals surface area contributed by atoms with E-state index in [1.807, 2.05) is 13.1 Å². The van der Waals surface area contributed by atoms with Gasteiger partial charge in [0.15, 0.2) is 5.13 Å². The van der Waals surface area contributed by atoms with Gasteiger partial charge in [0.05, 0.1) is 17.4 Å². The van der Waals surface area contributed by atoms with Crippen LogP contribution in [0.3, 0.4) is 0 Å². The summed E-state index contributed by atoms with van der Waals surface area (Å²) in [5.41, 5.74) is 1.08. The number of aromatic nitrogens is 3. The number of aryl methyl sites for hydroxylation is 1. The topological polar surface area (TPSA) is 72.3 Å². The van der Waals surface area contributed by atoms with Crippen LogP contribution in [0.15, 0.2) is 37.2 Å². The number of ether oxygens (including phenoxy) is 1. The van der Waals surface area contributed by atoms with Crippen LogP contribution < -0.4 is 10.1 Å². The van der Waals surface area contributed by atoms with Gasteiger partial charge in [-0.2, -0.15) is 4.98 Å². The van der Waals surface area contributed by atoms with Crippen molar-refractivity contribution in [2.45, 2.75) is 52.7 Å². The number of rotatable bonds is 8. The molecule has 0 bridgehead atoms. The fourth-order valence-electron chi connectivity index (χ4n) is 3.98. The number of nitrogens with zero attached hydrogens (tertiary/aromatic N) is 4. The first-order chi connectivity index (χ1) is 15.5. The van der Waals surface area contributed by atoms with Crippen LogP contribution in [0.2, 0.25) is 0 Å². The maximum atomic E-state index is 12.1. The van der Waals surface area contributed by atoms with Crippen LogP contribution in [0.1, 0.15) is 38.0 Å². The van der Waals surface area contributed by atoms with Crippen LogP contribution in [0.5, 0.6) is 5.88 Å². The molecule has 4 heterocycles. The number of nitrogens with one attached hydrogen (secondary N) is 1. The lowest BCUT2D eigenvalue weighted by molar-refractivity contribution is -0.128. The van der Waals surface area contributed by atoms with Crippen molar-refractivity contribution >= 4 is 39.1 Å². The molecule has 1 fully saturated rings. The minimum atomic E-state index is -0.0985. The lowest BCUT2D eigenvalue weighted by Gasteiger charge is -2.32. The predicted molar refractivity (Wildman–Crippen MR) is 130 cm³/mol. The number of anilines is 2. The van der Waals surface area contributed by atoms with E-state index >= 15 is 0 Å². The van der Waals surface area contributed by atoms with E-state index < -0.39 is 0 Å². The standard InChI is InChI=1S/C24H31N5O2S/c1-5-16(3)14-28-11-9-19-20(28)12-21(27-24-25-13-17(4)32-24)26-23(19)31-18-8-7-10-29(15-18)22(30)6-2/h6,9,11-13,16,18H,2,5,7-8,10,14-15H2,1,3-4H3,(H,25,26,27)/t16?,18-/m0/s1. The predicted octanol–water partition coefficient (Wildman–Crippen LogP) is 5.15. The van der Waals surface area contributed by atoms with E-state index in [1.54, 1.807) is 16.2 Å². The molecule has 3 aromatic rings. The van der Waals surface area contributed by atoms with Crippen molar-refractivity contribution in [1.29, 1.82) is 0 Å². The summed E-state index contributed by atoms with van der Waals surface area (Å²) >= 11 is 1.59. The van der Waals surface area contributed by atoms with Gasteiger partial charge >= 0.3 is 0 Å². The largest absolute Gasteiger partial charge is 0.472 e. The molecule has 1 amide bonds. The Labute approximate surface area is 193 Å². The zero-order valence-electron chi connectivity index (χ0n) is 19.0. The molecule has 1 aliphatic heterocycles. The number of hydrogen-bond donors (Lipinski definition) is 1. The van der Waals surface area contributed by atoms with Crippen LogP contribution in [0.4, 0.5) is 10.9 Å². The summed E-state index contributed by atoms with van der Waals surface area (Å²) in [4.78, 5) is 24.2. The van der Waals surface area contributed by atoms with Gasteiger partial charge in [0.2, 0.25) is 11.8 Å². The molecule has 3 aromatic heterocycles. The number of piperidine rings is 1. The van der Waals surface area contributed by atoms with Crippen molar-refractivity contribution in [3.8, 4) is 5.88 Å². The molecule has 8 heteroatoms. The Kier molecular flexibility index (Phi) is 6.79. The molecular weight excluding hydrogens is 422 g/mol. The first-order valence-electron chi connectivity index (χ1n) is 11.2. The average Bonchev–Trinajstić information content (AvgIpc) is 3.39. The lowest BCUT2D eigenvalue weighted by atomic mass is 10.1. The second-order valence-electron chi connectivity index (χ2n) is 8.50. The molecule has 7 nitrogen and oxygen atoms in total. The lowest BCUT2D eigenvalue weighted by Crippen LogP contribution is -2.43. The average molecular weight is 454 g/mol. The number of carbonyl (C=O) groups excluding carboxylic acids is 1. The maximum absolute atomic E-state index is 12.1. The summed E-state index contributed by atoms with van der Waals surface area (Å²) in [6.45, 7) is 12.3. The third kappa shape index (κ3) is 4.96. The third-order valence-corrected chi connectivity index (χ3v) is 6.76. The molecule has 1 unspecified atom stereocenters. The Morgan fingerprint density at radius 3 is 3.06 bits per heavy atom. The van der Waals surface area contributed by atoms with Gasteiger partial charge in [0.1, 0.15) is 11.9 Å². The quantitative estimate of drug-likeness (QED) is 0.478. The van der Waals surface area contributed by atoms with Crippen molar-refractivity contribution in [3.63, 3.8) is 0 Å². The van der Waals surface area contributed by atoms with Crippen LogP contribution in [0, 0.1) is 12.8 Å². The summed E-state index contributed by atoms with van der Waals surface area (Å²) in [6.07, 6.45) is 8.14. The Balaban J connectivity index is 1.66. The highest BCUT2D eigenvalue weighted by molar-refractivity contribution is 7.15. The van der Waals surface area contributed by atoms with Crippen molar-refractivity contribution in [3.05, 3.63) is 42.1 Å². The molecule has 1 N–H and O–H groups in total. The van der Waals surface area contributed by atoms with Gasteiger partial charge in [-0.25, -0.2) is 4.98 Å². The second-order valence-corrected chi connectivity index (χ2v) is 9.73. The summed E-state index contributed by atoms with van der Waals surface area (Å²) in [5.74, 6) is 1.82. The Morgan fingerprint density at radius 1 is 1.50 bits per heavy atom. The molecule has 1 saturated heterocycles. The van der Waals surface area contributed by atoms with Gasteiger partial charge in [-0.15, -0.1) is 11.3 Å². The molecule has 32 heavy (non-hydrogen) atoms. The van der Waals surface area contributed by atoms with Crippen LogP contribution in [0.25, 0.3) is 10.9 Å². The van der Waals surface area contributed by atoms with E-state index in [2.05, 4.69) is 53.6 Å². The van der Waals surface area contributed by atoms with Crippen molar-refractivity contribution < 1.29 is 9.53 Å². The summed E-state index contributed by atoms with van der Waals surface area (Å²) in [6, 6.07) is 4.14. The molecule has 4 rings (SSSR count). The van der Waals surface area contributed by atoms with Crippen molar-refractivity contribution in [2.24, 2.45) is 5.92 Å². The smallest absolute Gasteiger partial charge is 0.246 e. The van der Waals surface area contributed by atoms with Gasteiger partial charge in [-0.05, 0) is 37.8 Å². The Hall–Kier alpha value is -2.87. The van der Waals surface area contributed by atoms with E-state index in [0.29, 0.717) is 24.2 Å². The van der Waals surface area contributed by atoms with Crippen LogP contribution in [-0.4, -0.2) is 44.5 Å². The zero-order chi connectivity index (χ0) is 22.7. The molecule has 1 aliphatic rings. The Bertz CT molecular complexity index is 1110. The molecule has 0 aliphatic carbocycles. The molecule has 170 valence electrons. The molecule has 0 spiro atoms. The third-order valence-electron chi connectivity index (χ3n) is 5.94. The van der Waals surface area contributed by atoms with E-state index in [4.69, 9.17) is 9.72 Å². The molecular formula is C24H31N5O2S. The highest BCUT2D eigenvalue weighted by atomic mass is 32.1. The number of thiazole rings is 1. The first kappa shape index (κ1) is 22.3. The number of pyridine rings is 1. The van der Waals surface area contributed by atoms with Gasteiger partial charge in [0, 0.05) is 36.4 Å². The first-order valence-corrected chi connectivity index (χ1v) is 12.1. The number of fused-ring (bicyclic) bond motifs is 1. The molecule has 0 aromatic carbocycles. The van der Waals surface area contributed by atoms with Crippen molar-refractivity contribution in [1.82, 2.24) is 19.4 Å².